The molecule has 2 aromatic rings. The van der Waals surface area contributed by atoms with Gasteiger partial charge in [-0.2, -0.15) is 0 Å². The maximum atomic E-state index is 12.3. The Hall–Kier alpha value is -3.32. The Labute approximate surface area is 148 Å². The van der Waals surface area contributed by atoms with Crippen LogP contribution in [0.3, 0.4) is 0 Å². The lowest BCUT2D eigenvalue weighted by Gasteiger charge is -2.09. The van der Waals surface area contributed by atoms with Crippen LogP contribution in [0.25, 0.3) is 6.08 Å². The van der Waals surface area contributed by atoms with Gasteiger partial charge in [-0.1, -0.05) is 29.8 Å². The van der Waals surface area contributed by atoms with Crippen molar-refractivity contribution >= 4 is 41.2 Å². The third-order valence-corrected chi connectivity index (χ3v) is 3.28. The zero-order chi connectivity index (χ0) is 18.4. The number of aliphatic carboxylic acids is 1. The number of benzene rings is 2. The monoisotopic (exact) mass is 358 g/mol. The summed E-state index contributed by atoms with van der Waals surface area (Å²) in [6.45, 7) is 0. The first-order valence-electron chi connectivity index (χ1n) is 7.08. The number of rotatable bonds is 5. The van der Waals surface area contributed by atoms with Gasteiger partial charge in [0, 0.05) is 16.3 Å². The molecule has 0 unspecified atom stereocenters. The van der Waals surface area contributed by atoms with E-state index in [2.05, 4.69) is 10.6 Å². The molecule has 128 valence electrons. The number of halogens is 1. The van der Waals surface area contributed by atoms with Crippen LogP contribution in [0, 0.1) is 5.41 Å². The molecule has 0 spiro atoms. The van der Waals surface area contributed by atoms with E-state index in [0.717, 1.165) is 0 Å². The van der Waals surface area contributed by atoms with Gasteiger partial charge in [0.2, 0.25) is 0 Å². The van der Waals surface area contributed by atoms with Gasteiger partial charge in [-0.3, -0.25) is 10.2 Å². The van der Waals surface area contributed by atoms with E-state index in [1.54, 1.807) is 36.4 Å². The molecule has 0 fully saturated rings. The molecule has 2 aromatic carbocycles. The van der Waals surface area contributed by atoms with Crippen molar-refractivity contribution in [2.24, 2.45) is 5.73 Å². The van der Waals surface area contributed by atoms with Gasteiger partial charge in [0.05, 0.1) is 0 Å². The van der Waals surface area contributed by atoms with Crippen molar-refractivity contribution in [2.45, 2.75) is 0 Å². The number of anilines is 1. The van der Waals surface area contributed by atoms with Gasteiger partial charge in [-0.25, -0.2) is 4.79 Å². The fourth-order valence-corrected chi connectivity index (χ4v) is 2.20. The Morgan fingerprint density at radius 3 is 2.52 bits per heavy atom. The van der Waals surface area contributed by atoms with Gasteiger partial charge in [-0.05, 0) is 42.0 Å². The summed E-state index contributed by atoms with van der Waals surface area (Å²) in [6, 6.07) is 12.7. The van der Waals surface area contributed by atoms with Crippen LogP contribution in [-0.4, -0.2) is 22.9 Å². The summed E-state index contributed by atoms with van der Waals surface area (Å²) < 4.78 is 0. The van der Waals surface area contributed by atoms with E-state index in [4.69, 9.17) is 22.7 Å². The van der Waals surface area contributed by atoms with E-state index in [0.29, 0.717) is 16.3 Å². The van der Waals surface area contributed by atoms with Crippen molar-refractivity contribution in [1.29, 1.82) is 5.41 Å². The number of carboxylic acid groups (broad SMARTS) is 1. The molecule has 8 heteroatoms. The number of hydrogen-bond donors (Lipinski definition) is 5. The smallest absolute Gasteiger partial charge is 0.352 e. The molecule has 0 aliphatic rings. The largest absolute Gasteiger partial charge is 0.477 e. The third kappa shape index (κ3) is 5.36. The molecule has 0 heterocycles. The lowest BCUT2D eigenvalue weighted by atomic mass is 10.1. The van der Waals surface area contributed by atoms with Gasteiger partial charge in [0.1, 0.15) is 5.70 Å². The van der Waals surface area contributed by atoms with E-state index >= 15 is 0 Å². The minimum atomic E-state index is -1.29. The summed E-state index contributed by atoms with van der Waals surface area (Å²) in [7, 11) is 0. The molecule has 1 amide bonds. The number of nitrogens with two attached hydrogens (primary N) is 1. The van der Waals surface area contributed by atoms with E-state index in [1.807, 2.05) is 0 Å². The zero-order valence-electron chi connectivity index (χ0n) is 12.9. The number of amides is 1. The number of hydrogen-bond acceptors (Lipinski definition) is 3. The molecule has 2 rings (SSSR count). The van der Waals surface area contributed by atoms with Crippen molar-refractivity contribution in [1.82, 2.24) is 5.32 Å². The first-order valence-corrected chi connectivity index (χ1v) is 7.46. The molecule has 0 saturated heterocycles. The maximum Gasteiger partial charge on any atom is 0.352 e. The molecule has 25 heavy (non-hydrogen) atoms. The van der Waals surface area contributed by atoms with Crippen LogP contribution in [0.4, 0.5) is 5.69 Å². The van der Waals surface area contributed by atoms with Crippen LogP contribution in [0.1, 0.15) is 15.9 Å². The Morgan fingerprint density at radius 2 is 1.88 bits per heavy atom. The summed E-state index contributed by atoms with van der Waals surface area (Å²) in [4.78, 5) is 23.7. The summed E-state index contributed by atoms with van der Waals surface area (Å²) in [5.41, 5.74) is 6.14. The van der Waals surface area contributed by atoms with Crippen molar-refractivity contribution in [2.75, 3.05) is 5.32 Å². The minimum absolute atomic E-state index is 0.212. The highest BCUT2D eigenvalue weighted by Crippen LogP contribution is 2.14. The Morgan fingerprint density at radius 1 is 1.16 bits per heavy atom. The number of guanidine groups is 1. The Balaban J connectivity index is 2.24. The number of nitrogens with one attached hydrogen (secondary N) is 3. The number of carbonyl (C=O) groups excluding carboxylic acids is 1. The van der Waals surface area contributed by atoms with Crippen LogP contribution in [-0.2, 0) is 4.79 Å². The first kappa shape index (κ1) is 18.0. The van der Waals surface area contributed by atoms with Crippen molar-refractivity contribution < 1.29 is 14.7 Å². The van der Waals surface area contributed by atoms with E-state index in [1.165, 1.54) is 18.2 Å². The molecule has 0 saturated carbocycles. The van der Waals surface area contributed by atoms with Crippen LogP contribution < -0.4 is 16.4 Å². The zero-order valence-corrected chi connectivity index (χ0v) is 13.7. The van der Waals surface area contributed by atoms with Crippen molar-refractivity contribution in [3.8, 4) is 0 Å². The Kier molecular flexibility index (Phi) is 5.75. The second-order valence-electron chi connectivity index (χ2n) is 4.99. The predicted octanol–water partition coefficient (Wildman–Crippen LogP) is 2.50. The molecule has 0 radical (unpaired) electrons. The molecule has 7 nitrogen and oxygen atoms in total. The highest BCUT2D eigenvalue weighted by Gasteiger charge is 2.14. The molecule has 0 bridgehead atoms. The number of carboxylic acids is 1. The highest BCUT2D eigenvalue weighted by molar-refractivity contribution is 6.30. The molecule has 6 N–H and O–H groups in total. The molecule has 0 aliphatic carbocycles. The fraction of sp³-hybridized carbons (Fsp3) is 0. The second kappa shape index (κ2) is 7.98. The fourth-order valence-electron chi connectivity index (χ4n) is 2.00. The van der Waals surface area contributed by atoms with Crippen LogP contribution in [0.5, 0.6) is 0 Å². The van der Waals surface area contributed by atoms with Gasteiger partial charge in [-0.15, -0.1) is 0 Å². The normalized spacial score (nSPS) is 10.8. The topological polar surface area (TPSA) is 128 Å². The number of carbonyl (C=O) groups is 2. The quantitative estimate of drug-likeness (QED) is 0.318. The third-order valence-electron chi connectivity index (χ3n) is 3.04. The summed E-state index contributed by atoms with van der Waals surface area (Å²) in [5, 5.41) is 21.8. The van der Waals surface area contributed by atoms with Gasteiger partial charge < -0.3 is 21.5 Å². The van der Waals surface area contributed by atoms with Crippen molar-refractivity contribution in [3.05, 3.63) is 70.4 Å². The highest BCUT2D eigenvalue weighted by atomic mass is 35.5. The van der Waals surface area contributed by atoms with E-state index in [-0.39, 0.29) is 17.2 Å². The molecule has 0 atom stereocenters. The van der Waals surface area contributed by atoms with Crippen LogP contribution in [0.2, 0.25) is 5.02 Å². The molecule has 0 aromatic heterocycles. The summed E-state index contributed by atoms with van der Waals surface area (Å²) in [5.74, 6) is -2.17. The lowest BCUT2D eigenvalue weighted by Crippen LogP contribution is -2.27. The lowest BCUT2D eigenvalue weighted by molar-refractivity contribution is -0.132. The maximum absolute atomic E-state index is 12.3. The molecular formula is C17H15ClN4O3. The van der Waals surface area contributed by atoms with Crippen molar-refractivity contribution in [3.63, 3.8) is 0 Å². The first-order chi connectivity index (χ1) is 11.8. The van der Waals surface area contributed by atoms with Gasteiger partial charge in [0.15, 0.2) is 5.96 Å². The average molecular weight is 359 g/mol. The molecular weight excluding hydrogens is 344 g/mol. The molecule has 0 aliphatic heterocycles. The van der Waals surface area contributed by atoms with Crippen LogP contribution in [0.15, 0.2) is 54.2 Å². The van der Waals surface area contributed by atoms with Gasteiger partial charge in [0.25, 0.3) is 5.91 Å². The average Bonchev–Trinajstić information content (AvgIpc) is 2.53. The second-order valence-corrected chi connectivity index (χ2v) is 5.43. The minimum Gasteiger partial charge on any atom is -0.477 e. The van der Waals surface area contributed by atoms with E-state index in [9.17, 15) is 14.7 Å². The SMILES string of the molecule is N=C(N)Nc1cccc(C(=O)N/C(=C/c2cccc(Cl)c2)C(=O)O)c1. The summed E-state index contributed by atoms with van der Waals surface area (Å²) >= 11 is 5.87. The van der Waals surface area contributed by atoms with Crippen LogP contribution >= 0.6 is 11.6 Å². The van der Waals surface area contributed by atoms with Gasteiger partial charge >= 0.3 is 5.97 Å². The standard InChI is InChI=1S/C17H15ClN4O3/c18-12-5-1-3-10(7-12)8-14(16(24)25)22-15(23)11-4-2-6-13(9-11)21-17(19)20/h1-9H,(H,22,23)(H,24,25)(H4,19,20,21)/b14-8+. The predicted molar refractivity (Wildman–Crippen MR) is 96.5 cm³/mol. The Bertz CT molecular complexity index is 864. The summed E-state index contributed by atoms with van der Waals surface area (Å²) in [6.07, 6.45) is 1.31. The van der Waals surface area contributed by atoms with E-state index < -0.39 is 11.9 Å².